The SMILES string of the molecule is CCc1ccc(C2(c3cccc(-c4cnc(C)nc4)c3)N=C(N)N(C)C2=O)cn1. The average molecular weight is 386 g/mol. The third kappa shape index (κ3) is 3.04. The maximum Gasteiger partial charge on any atom is 0.266 e. The van der Waals surface area contributed by atoms with E-state index in [0.29, 0.717) is 11.4 Å². The van der Waals surface area contributed by atoms with Gasteiger partial charge in [0.1, 0.15) is 5.82 Å². The summed E-state index contributed by atoms with van der Waals surface area (Å²) in [7, 11) is 1.63. The minimum absolute atomic E-state index is 0.179. The summed E-state index contributed by atoms with van der Waals surface area (Å²) in [4.78, 5) is 32.4. The number of benzene rings is 1. The fourth-order valence-electron chi connectivity index (χ4n) is 3.50. The van der Waals surface area contributed by atoms with Crippen LogP contribution in [0.5, 0.6) is 0 Å². The molecule has 0 saturated carbocycles. The van der Waals surface area contributed by atoms with Crippen molar-refractivity contribution < 1.29 is 4.79 Å². The van der Waals surface area contributed by atoms with Crippen LogP contribution in [0.2, 0.25) is 0 Å². The van der Waals surface area contributed by atoms with Gasteiger partial charge in [0, 0.05) is 42.5 Å². The van der Waals surface area contributed by atoms with Crippen molar-refractivity contribution in [2.75, 3.05) is 7.05 Å². The van der Waals surface area contributed by atoms with Crippen molar-refractivity contribution in [1.29, 1.82) is 0 Å². The van der Waals surface area contributed by atoms with Crippen molar-refractivity contribution in [1.82, 2.24) is 19.9 Å². The van der Waals surface area contributed by atoms with E-state index in [2.05, 4.69) is 19.9 Å². The second-order valence-corrected chi connectivity index (χ2v) is 7.04. The summed E-state index contributed by atoms with van der Waals surface area (Å²) in [6.45, 7) is 3.88. The van der Waals surface area contributed by atoms with Crippen LogP contribution in [-0.4, -0.2) is 38.8 Å². The number of aromatic nitrogens is 3. The summed E-state index contributed by atoms with van der Waals surface area (Å²) in [5.41, 5.74) is 8.91. The number of hydrogen-bond acceptors (Lipinski definition) is 6. The fraction of sp³-hybridized carbons (Fsp3) is 0.227. The van der Waals surface area contributed by atoms with Gasteiger partial charge in [0.2, 0.25) is 0 Å². The number of hydrogen-bond donors (Lipinski definition) is 1. The van der Waals surface area contributed by atoms with Crippen molar-refractivity contribution >= 4 is 11.9 Å². The molecule has 146 valence electrons. The van der Waals surface area contributed by atoms with E-state index in [1.54, 1.807) is 25.6 Å². The largest absolute Gasteiger partial charge is 0.369 e. The van der Waals surface area contributed by atoms with Crippen LogP contribution in [0.25, 0.3) is 11.1 Å². The Morgan fingerprint density at radius 1 is 1.00 bits per heavy atom. The number of likely N-dealkylation sites (N-methyl/N-ethyl adjacent to an activating group) is 1. The molecule has 0 radical (unpaired) electrons. The standard InChI is InChI=1S/C22H22N6O/c1-4-19-9-8-18(13-26-19)22(20(29)28(3)21(23)27-22)17-7-5-6-15(10-17)16-11-24-14(2)25-12-16/h5-13H,4H2,1-3H3,(H2,23,27). The first-order valence-electron chi connectivity index (χ1n) is 9.44. The van der Waals surface area contributed by atoms with E-state index in [-0.39, 0.29) is 11.9 Å². The molecular formula is C22H22N6O. The Morgan fingerprint density at radius 3 is 2.34 bits per heavy atom. The number of nitrogens with zero attached hydrogens (tertiary/aromatic N) is 5. The number of carbonyl (C=O) groups excluding carboxylic acids is 1. The summed E-state index contributed by atoms with van der Waals surface area (Å²) in [5, 5.41) is 0. The van der Waals surface area contributed by atoms with Crippen molar-refractivity contribution in [3.05, 3.63) is 77.6 Å². The Hall–Kier alpha value is -3.61. The lowest BCUT2D eigenvalue weighted by Crippen LogP contribution is -2.41. The monoisotopic (exact) mass is 386 g/mol. The number of carbonyl (C=O) groups is 1. The first kappa shape index (κ1) is 18.7. The molecule has 1 unspecified atom stereocenters. The number of guanidine groups is 1. The molecule has 1 atom stereocenters. The van der Waals surface area contributed by atoms with Crippen molar-refractivity contribution in [3.8, 4) is 11.1 Å². The van der Waals surface area contributed by atoms with Crippen molar-refractivity contribution in [2.24, 2.45) is 10.7 Å². The Labute approximate surface area is 169 Å². The second-order valence-electron chi connectivity index (χ2n) is 7.04. The van der Waals surface area contributed by atoms with Gasteiger partial charge in [0.05, 0.1) is 0 Å². The van der Waals surface area contributed by atoms with E-state index in [4.69, 9.17) is 5.73 Å². The molecule has 0 fully saturated rings. The van der Waals surface area contributed by atoms with E-state index in [9.17, 15) is 4.79 Å². The molecule has 0 spiro atoms. The van der Waals surface area contributed by atoms with Crippen LogP contribution < -0.4 is 5.73 Å². The van der Waals surface area contributed by atoms with Crippen molar-refractivity contribution in [3.63, 3.8) is 0 Å². The molecular weight excluding hydrogens is 364 g/mol. The van der Waals surface area contributed by atoms with E-state index < -0.39 is 5.54 Å². The zero-order valence-corrected chi connectivity index (χ0v) is 16.6. The lowest BCUT2D eigenvalue weighted by Gasteiger charge is -2.26. The molecule has 7 heteroatoms. The number of aliphatic imine (C=N–C) groups is 1. The molecule has 1 aliphatic heterocycles. The van der Waals surface area contributed by atoms with E-state index in [1.165, 1.54) is 4.90 Å². The van der Waals surface area contributed by atoms with Crippen molar-refractivity contribution in [2.45, 2.75) is 25.8 Å². The maximum atomic E-state index is 13.4. The van der Waals surface area contributed by atoms with Crippen LogP contribution in [0.4, 0.5) is 0 Å². The zero-order chi connectivity index (χ0) is 20.6. The van der Waals surface area contributed by atoms with E-state index >= 15 is 0 Å². The Kier molecular flexibility index (Phi) is 4.58. The maximum absolute atomic E-state index is 13.4. The van der Waals surface area contributed by atoms with Crippen LogP contribution in [0.3, 0.4) is 0 Å². The average Bonchev–Trinajstić information content (AvgIpc) is 2.99. The second kappa shape index (κ2) is 7.09. The minimum Gasteiger partial charge on any atom is -0.369 e. The molecule has 3 heterocycles. The van der Waals surface area contributed by atoms with Gasteiger partial charge < -0.3 is 5.73 Å². The smallest absolute Gasteiger partial charge is 0.266 e. The van der Waals surface area contributed by atoms with Gasteiger partial charge in [-0.05, 0) is 36.6 Å². The van der Waals surface area contributed by atoms with Gasteiger partial charge >= 0.3 is 0 Å². The zero-order valence-electron chi connectivity index (χ0n) is 16.6. The fourth-order valence-corrected chi connectivity index (χ4v) is 3.50. The molecule has 29 heavy (non-hydrogen) atoms. The lowest BCUT2D eigenvalue weighted by atomic mass is 9.82. The minimum atomic E-state index is -1.26. The summed E-state index contributed by atoms with van der Waals surface area (Å²) >= 11 is 0. The van der Waals surface area contributed by atoms with Crippen LogP contribution in [0, 0.1) is 6.92 Å². The molecule has 2 N–H and O–H groups in total. The number of nitrogens with two attached hydrogens (primary N) is 1. The Morgan fingerprint density at radius 2 is 1.76 bits per heavy atom. The van der Waals surface area contributed by atoms with Gasteiger partial charge in [-0.25, -0.2) is 15.0 Å². The van der Waals surface area contributed by atoms with Gasteiger partial charge in [-0.2, -0.15) is 0 Å². The first-order chi connectivity index (χ1) is 14.0. The lowest BCUT2D eigenvalue weighted by molar-refractivity contribution is -0.129. The summed E-state index contributed by atoms with van der Waals surface area (Å²) in [6, 6.07) is 11.5. The summed E-state index contributed by atoms with van der Waals surface area (Å²) < 4.78 is 0. The highest BCUT2D eigenvalue weighted by Crippen LogP contribution is 2.40. The molecule has 7 nitrogen and oxygen atoms in total. The number of aryl methyl sites for hydroxylation is 2. The van der Waals surface area contributed by atoms with Gasteiger partial charge in [-0.3, -0.25) is 14.7 Å². The van der Waals surface area contributed by atoms with E-state index in [0.717, 1.165) is 28.8 Å². The highest BCUT2D eigenvalue weighted by atomic mass is 16.2. The topological polar surface area (TPSA) is 97.4 Å². The van der Waals surface area contributed by atoms with Gasteiger partial charge in [-0.15, -0.1) is 0 Å². The molecule has 2 aromatic heterocycles. The van der Waals surface area contributed by atoms with Crippen LogP contribution >= 0.6 is 0 Å². The molecule has 1 aromatic carbocycles. The number of rotatable bonds is 4. The highest BCUT2D eigenvalue weighted by Gasteiger charge is 2.49. The highest BCUT2D eigenvalue weighted by molar-refractivity contribution is 6.09. The van der Waals surface area contributed by atoms with Crippen LogP contribution in [0.15, 0.2) is 60.0 Å². The Balaban J connectivity index is 1.90. The van der Waals surface area contributed by atoms with Gasteiger partial charge in [0.25, 0.3) is 5.91 Å². The molecule has 0 aliphatic carbocycles. The predicted molar refractivity (Wildman–Crippen MR) is 111 cm³/mol. The molecule has 4 rings (SSSR count). The van der Waals surface area contributed by atoms with Gasteiger partial charge in [0.15, 0.2) is 11.5 Å². The van der Waals surface area contributed by atoms with Crippen LogP contribution in [0.1, 0.15) is 29.6 Å². The molecule has 1 aliphatic rings. The molecule has 0 bridgehead atoms. The Bertz CT molecular complexity index is 1090. The summed E-state index contributed by atoms with van der Waals surface area (Å²) in [6.07, 6.45) is 6.07. The van der Waals surface area contributed by atoms with Gasteiger partial charge in [-0.1, -0.05) is 31.2 Å². The molecule has 3 aromatic rings. The number of pyridine rings is 1. The summed E-state index contributed by atoms with van der Waals surface area (Å²) in [5.74, 6) is 0.672. The third-order valence-corrected chi connectivity index (χ3v) is 5.24. The quantitative estimate of drug-likeness (QED) is 0.743. The van der Waals surface area contributed by atoms with Crippen LogP contribution in [-0.2, 0) is 16.8 Å². The third-order valence-electron chi connectivity index (χ3n) is 5.24. The molecule has 0 saturated heterocycles. The van der Waals surface area contributed by atoms with E-state index in [1.807, 2.05) is 50.2 Å². The predicted octanol–water partition coefficient (Wildman–Crippen LogP) is 2.44. The normalized spacial score (nSPS) is 18.8. The number of amides is 1. The first-order valence-corrected chi connectivity index (χ1v) is 9.44. The molecule has 1 amide bonds.